The molecule has 0 unspecified atom stereocenters. The predicted octanol–water partition coefficient (Wildman–Crippen LogP) is 4.20. The van der Waals surface area contributed by atoms with Gasteiger partial charge in [0.05, 0.1) is 36.1 Å². The lowest BCUT2D eigenvalue weighted by Gasteiger charge is -2.13. The number of nitrogens with one attached hydrogen (secondary N) is 2. The number of carbonyl (C=O) groups excluding carboxylic acids is 1. The first kappa shape index (κ1) is 26.5. The zero-order valence-electron chi connectivity index (χ0n) is 21.7. The van der Waals surface area contributed by atoms with Crippen molar-refractivity contribution < 1.29 is 24.2 Å². The molecule has 0 fully saturated rings. The maximum absolute atomic E-state index is 12.1. The Labute approximate surface area is 220 Å². The number of alkyl carbamates (subject to hydrolysis) is 1. The molecule has 4 aromatic rings. The van der Waals surface area contributed by atoms with Crippen LogP contribution in [0, 0.1) is 6.92 Å². The maximum Gasteiger partial charge on any atom is 0.407 e. The Morgan fingerprint density at radius 3 is 2.63 bits per heavy atom. The summed E-state index contributed by atoms with van der Waals surface area (Å²) >= 11 is 0. The molecule has 11 heteroatoms. The van der Waals surface area contributed by atoms with Crippen LogP contribution in [0.5, 0.6) is 5.75 Å². The van der Waals surface area contributed by atoms with Crippen LogP contribution >= 0.6 is 0 Å². The Bertz CT molecular complexity index is 1410. The summed E-state index contributed by atoms with van der Waals surface area (Å²) in [5, 5.41) is 20.2. The van der Waals surface area contributed by atoms with Crippen molar-refractivity contribution in [3.8, 4) is 5.75 Å². The van der Waals surface area contributed by atoms with Crippen LogP contribution in [0.4, 0.5) is 10.7 Å². The number of imidazole rings is 1. The average molecular weight is 521 g/mol. The molecule has 2 heterocycles. The van der Waals surface area contributed by atoms with Crippen LogP contribution in [-0.2, 0) is 31.0 Å². The largest absolute Gasteiger partial charge is 0.494 e. The number of ether oxygens (including phenoxy) is 2. The zero-order valence-corrected chi connectivity index (χ0v) is 21.7. The molecular weight excluding hydrogens is 488 g/mol. The van der Waals surface area contributed by atoms with Crippen molar-refractivity contribution in [3.05, 3.63) is 71.0 Å². The van der Waals surface area contributed by atoms with Gasteiger partial charge in [0.15, 0.2) is 0 Å². The summed E-state index contributed by atoms with van der Waals surface area (Å²) in [6, 6.07) is 14.5. The van der Waals surface area contributed by atoms with Gasteiger partial charge in [0.1, 0.15) is 17.9 Å². The van der Waals surface area contributed by atoms with E-state index in [-0.39, 0.29) is 12.2 Å². The van der Waals surface area contributed by atoms with Gasteiger partial charge in [0.25, 0.3) is 0 Å². The maximum atomic E-state index is 12.1. The third-order valence-corrected chi connectivity index (χ3v) is 6.03. The van der Waals surface area contributed by atoms with Crippen molar-refractivity contribution in [1.29, 1.82) is 0 Å². The van der Waals surface area contributed by atoms with Gasteiger partial charge in [-0.25, -0.2) is 14.6 Å². The molecule has 0 saturated heterocycles. The molecule has 0 bridgehead atoms. The number of carboxylic acid groups (broad SMARTS) is 1. The summed E-state index contributed by atoms with van der Waals surface area (Å²) in [5.74, 6) is -0.0890. The van der Waals surface area contributed by atoms with Crippen LogP contribution in [-0.4, -0.2) is 50.2 Å². The molecule has 0 aliphatic carbocycles. The molecule has 0 radical (unpaired) electrons. The number of anilines is 1. The SMILES string of the molecule is CCn1nc(C)cc1CNc1nc2cc(C(=O)O)cc(OC)c2n1CCCNC(=O)OCc1ccccc1. The van der Waals surface area contributed by atoms with Crippen LogP contribution in [0.15, 0.2) is 48.5 Å². The molecule has 0 atom stereocenters. The van der Waals surface area contributed by atoms with Crippen LogP contribution in [0.3, 0.4) is 0 Å². The zero-order chi connectivity index (χ0) is 27.1. The van der Waals surface area contributed by atoms with E-state index < -0.39 is 12.1 Å². The molecule has 4 rings (SSSR count). The molecule has 38 heavy (non-hydrogen) atoms. The Morgan fingerprint density at radius 2 is 1.92 bits per heavy atom. The van der Waals surface area contributed by atoms with E-state index in [0.717, 1.165) is 23.5 Å². The highest BCUT2D eigenvalue weighted by Gasteiger charge is 2.19. The molecule has 200 valence electrons. The Hall–Kier alpha value is -4.54. The topological polar surface area (TPSA) is 133 Å². The highest BCUT2D eigenvalue weighted by Crippen LogP contribution is 2.31. The van der Waals surface area contributed by atoms with Crippen LogP contribution in [0.2, 0.25) is 0 Å². The molecule has 0 saturated carbocycles. The third-order valence-electron chi connectivity index (χ3n) is 6.03. The third kappa shape index (κ3) is 6.23. The first-order chi connectivity index (χ1) is 18.4. The van der Waals surface area contributed by atoms with Crippen molar-refractivity contribution in [2.75, 3.05) is 19.0 Å². The van der Waals surface area contributed by atoms with Gasteiger partial charge in [-0.2, -0.15) is 5.10 Å². The lowest BCUT2D eigenvalue weighted by molar-refractivity contribution is 0.0696. The second-order valence-corrected chi connectivity index (χ2v) is 8.73. The van der Waals surface area contributed by atoms with Gasteiger partial charge in [0, 0.05) is 19.6 Å². The lowest BCUT2D eigenvalue weighted by Crippen LogP contribution is -2.26. The number of aromatic carboxylic acids is 1. The average Bonchev–Trinajstić information content (AvgIpc) is 3.47. The molecule has 0 aliphatic heterocycles. The molecule has 3 N–H and O–H groups in total. The van der Waals surface area contributed by atoms with Gasteiger partial charge in [-0.15, -0.1) is 0 Å². The monoisotopic (exact) mass is 520 g/mol. The van der Waals surface area contributed by atoms with Crippen LogP contribution < -0.4 is 15.4 Å². The van der Waals surface area contributed by atoms with Crippen molar-refractivity contribution in [3.63, 3.8) is 0 Å². The van der Waals surface area contributed by atoms with E-state index in [0.29, 0.717) is 48.8 Å². The number of hydrogen-bond donors (Lipinski definition) is 3. The fraction of sp³-hybridized carbons (Fsp3) is 0.333. The van der Waals surface area contributed by atoms with Crippen LogP contribution in [0.1, 0.15) is 40.7 Å². The number of aryl methyl sites for hydroxylation is 3. The van der Waals surface area contributed by atoms with Gasteiger partial charge in [0.2, 0.25) is 5.95 Å². The number of methoxy groups -OCH3 is 1. The second kappa shape index (κ2) is 12.1. The molecule has 11 nitrogen and oxygen atoms in total. The fourth-order valence-corrected chi connectivity index (χ4v) is 4.25. The summed E-state index contributed by atoms with van der Waals surface area (Å²) in [7, 11) is 1.50. The number of hydrogen-bond acceptors (Lipinski definition) is 7. The molecule has 2 aromatic carbocycles. The lowest BCUT2D eigenvalue weighted by atomic mass is 10.2. The number of fused-ring (bicyclic) bond motifs is 1. The summed E-state index contributed by atoms with van der Waals surface area (Å²) in [6.45, 7) is 6.27. The first-order valence-electron chi connectivity index (χ1n) is 12.4. The summed E-state index contributed by atoms with van der Waals surface area (Å²) in [6.07, 6.45) is 0.0886. The van der Waals surface area contributed by atoms with Crippen molar-refractivity contribution in [1.82, 2.24) is 24.6 Å². The standard InChI is InChI=1S/C27H32N6O5/c1-4-33-21(13-18(2)31-33)16-29-26-30-22-14-20(25(34)35)15-23(37-3)24(22)32(26)12-8-11-28-27(36)38-17-19-9-6-5-7-10-19/h5-7,9-10,13-15H,4,8,11-12,16-17H2,1-3H3,(H,28,36)(H,29,30)(H,34,35). The van der Waals surface area contributed by atoms with Gasteiger partial charge in [-0.1, -0.05) is 30.3 Å². The second-order valence-electron chi connectivity index (χ2n) is 8.73. The first-order valence-corrected chi connectivity index (χ1v) is 12.4. The molecule has 0 spiro atoms. The summed E-state index contributed by atoms with van der Waals surface area (Å²) in [4.78, 5) is 28.5. The number of nitrogens with zero attached hydrogens (tertiary/aromatic N) is 4. The minimum absolute atomic E-state index is 0.0908. The number of benzene rings is 2. The normalized spacial score (nSPS) is 10.9. The Kier molecular flexibility index (Phi) is 8.47. The van der Waals surface area contributed by atoms with E-state index in [1.54, 1.807) is 0 Å². The predicted molar refractivity (Wildman–Crippen MR) is 142 cm³/mol. The molecule has 1 amide bonds. The minimum Gasteiger partial charge on any atom is -0.494 e. The van der Waals surface area contributed by atoms with Crippen molar-refractivity contribution in [2.24, 2.45) is 0 Å². The quantitative estimate of drug-likeness (QED) is 0.237. The van der Waals surface area contributed by atoms with Gasteiger partial charge < -0.3 is 29.8 Å². The van der Waals surface area contributed by atoms with Gasteiger partial charge in [-0.05, 0) is 44.0 Å². The highest BCUT2D eigenvalue weighted by atomic mass is 16.5. The van der Waals surface area contributed by atoms with E-state index in [2.05, 4.69) is 20.7 Å². The van der Waals surface area contributed by atoms with Crippen molar-refractivity contribution in [2.45, 2.75) is 46.5 Å². The highest BCUT2D eigenvalue weighted by molar-refractivity contribution is 5.96. The van der Waals surface area contributed by atoms with Crippen LogP contribution in [0.25, 0.3) is 11.0 Å². The Morgan fingerprint density at radius 1 is 1.13 bits per heavy atom. The summed E-state index contributed by atoms with van der Waals surface area (Å²) in [5.41, 5.74) is 4.11. The smallest absolute Gasteiger partial charge is 0.407 e. The number of amides is 1. The number of carboxylic acids is 1. The minimum atomic E-state index is -1.06. The summed E-state index contributed by atoms with van der Waals surface area (Å²) < 4.78 is 14.7. The van der Waals surface area contributed by atoms with E-state index in [1.807, 2.05) is 59.5 Å². The van der Waals surface area contributed by atoms with Crippen molar-refractivity contribution >= 4 is 29.0 Å². The number of aromatic nitrogens is 4. The number of rotatable bonds is 12. The molecule has 0 aliphatic rings. The molecule has 2 aromatic heterocycles. The fourth-order valence-electron chi connectivity index (χ4n) is 4.25. The van der Waals surface area contributed by atoms with Gasteiger partial charge >= 0.3 is 12.1 Å². The van der Waals surface area contributed by atoms with E-state index >= 15 is 0 Å². The van der Waals surface area contributed by atoms with Gasteiger partial charge in [-0.3, -0.25) is 4.68 Å². The number of carbonyl (C=O) groups is 2. The molecular formula is C27H32N6O5. The van der Waals surface area contributed by atoms with E-state index in [9.17, 15) is 14.7 Å². The van der Waals surface area contributed by atoms with E-state index in [4.69, 9.17) is 9.47 Å². The van der Waals surface area contributed by atoms with E-state index in [1.165, 1.54) is 19.2 Å². The Balaban J connectivity index is 1.49.